The molecule has 0 bridgehead atoms. The van der Waals surface area contributed by atoms with Crippen LogP contribution in [0.15, 0.2) is 48.5 Å². The number of hydrogen-bond acceptors (Lipinski definition) is 3. The van der Waals surface area contributed by atoms with Crippen molar-refractivity contribution in [3.05, 3.63) is 59.9 Å². The second kappa shape index (κ2) is 5.60. The molecule has 1 unspecified atom stereocenters. The van der Waals surface area contributed by atoms with Crippen LogP contribution in [-0.2, 0) is 9.59 Å². The van der Waals surface area contributed by atoms with Crippen molar-refractivity contribution in [2.45, 2.75) is 19.4 Å². The summed E-state index contributed by atoms with van der Waals surface area (Å²) in [5.41, 5.74) is 2.10. The van der Waals surface area contributed by atoms with Crippen molar-refractivity contribution < 1.29 is 14.0 Å². The molecule has 1 atom stereocenters. The molecule has 0 spiro atoms. The van der Waals surface area contributed by atoms with Crippen molar-refractivity contribution in [2.75, 3.05) is 10.2 Å². The Morgan fingerprint density at radius 3 is 2.55 bits per heavy atom. The van der Waals surface area contributed by atoms with E-state index in [4.69, 9.17) is 0 Å². The van der Waals surface area contributed by atoms with Crippen molar-refractivity contribution in [1.82, 2.24) is 0 Å². The lowest BCUT2D eigenvalue weighted by Crippen LogP contribution is -2.34. The smallest absolute Gasteiger partial charge is 0.256 e. The number of halogens is 1. The third-order valence-electron chi connectivity index (χ3n) is 3.60. The zero-order valence-electron chi connectivity index (χ0n) is 12.0. The highest BCUT2D eigenvalue weighted by Gasteiger charge is 2.39. The van der Waals surface area contributed by atoms with E-state index in [0.717, 1.165) is 5.56 Å². The van der Waals surface area contributed by atoms with Gasteiger partial charge >= 0.3 is 0 Å². The maximum absolute atomic E-state index is 13.2. The summed E-state index contributed by atoms with van der Waals surface area (Å²) in [5, 5.41) is 2.92. The Bertz CT molecular complexity index is 728. The highest BCUT2D eigenvalue weighted by molar-refractivity contribution is 6.23. The van der Waals surface area contributed by atoms with E-state index >= 15 is 0 Å². The van der Waals surface area contributed by atoms with Crippen LogP contribution >= 0.6 is 0 Å². The lowest BCUT2D eigenvalue weighted by atomic mass is 10.2. The lowest BCUT2D eigenvalue weighted by Gasteiger charge is -2.16. The maximum atomic E-state index is 13.2. The summed E-state index contributed by atoms with van der Waals surface area (Å²) in [6.45, 7) is 1.94. The molecule has 2 amide bonds. The Labute approximate surface area is 127 Å². The van der Waals surface area contributed by atoms with Crippen molar-refractivity contribution in [3.8, 4) is 0 Å². The van der Waals surface area contributed by atoms with Gasteiger partial charge in [-0.05, 0) is 37.3 Å². The van der Waals surface area contributed by atoms with Crippen LogP contribution in [0.3, 0.4) is 0 Å². The Kier molecular flexibility index (Phi) is 3.63. The predicted molar refractivity (Wildman–Crippen MR) is 82.1 cm³/mol. The third kappa shape index (κ3) is 2.70. The largest absolute Gasteiger partial charge is 0.373 e. The molecular formula is C17H15FN2O2. The van der Waals surface area contributed by atoms with Gasteiger partial charge in [0.2, 0.25) is 5.91 Å². The van der Waals surface area contributed by atoms with Gasteiger partial charge in [0.1, 0.15) is 11.9 Å². The van der Waals surface area contributed by atoms with Crippen LogP contribution in [0, 0.1) is 12.7 Å². The molecule has 1 heterocycles. The Hall–Kier alpha value is -2.69. The highest BCUT2D eigenvalue weighted by atomic mass is 19.1. The minimum Gasteiger partial charge on any atom is -0.373 e. The Morgan fingerprint density at radius 1 is 1.14 bits per heavy atom. The molecule has 22 heavy (non-hydrogen) atoms. The number of nitrogens with zero attached hydrogens (tertiary/aromatic N) is 1. The Morgan fingerprint density at radius 2 is 1.86 bits per heavy atom. The summed E-state index contributed by atoms with van der Waals surface area (Å²) in [7, 11) is 0. The van der Waals surface area contributed by atoms with Gasteiger partial charge in [0.05, 0.1) is 12.1 Å². The van der Waals surface area contributed by atoms with Crippen LogP contribution in [0.2, 0.25) is 0 Å². The Balaban J connectivity index is 1.81. The summed E-state index contributed by atoms with van der Waals surface area (Å²) < 4.78 is 13.2. The molecule has 1 aliphatic rings. The molecule has 1 saturated heterocycles. The predicted octanol–water partition coefficient (Wildman–Crippen LogP) is 2.88. The van der Waals surface area contributed by atoms with Crippen LogP contribution in [-0.4, -0.2) is 17.9 Å². The number of rotatable bonds is 3. The lowest BCUT2D eigenvalue weighted by molar-refractivity contribution is -0.121. The number of amides is 2. The van der Waals surface area contributed by atoms with Crippen molar-refractivity contribution in [2.24, 2.45) is 0 Å². The molecule has 0 radical (unpaired) electrons. The quantitative estimate of drug-likeness (QED) is 0.886. The molecule has 1 fully saturated rings. The first kappa shape index (κ1) is 14.3. The van der Waals surface area contributed by atoms with Gasteiger partial charge < -0.3 is 5.32 Å². The fourth-order valence-corrected chi connectivity index (χ4v) is 2.49. The molecule has 112 valence electrons. The van der Waals surface area contributed by atoms with Gasteiger partial charge in [-0.25, -0.2) is 9.29 Å². The van der Waals surface area contributed by atoms with Gasteiger partial charge in [-0.15, -0.1) is 0 Å². The minimum absolute atomic E-state index is 0.0588. The fourth-order valence-electron chi connectivity index (χ4n) is 2.49. The first-order valence-electron chi connectivity index (χ1n) is 7.00. The average Bonchev–Trinajstić information content (AvgIpc) is 2.75. The van der Waals surface area contributed by atoms with Gasteiger partial charge in [0.25, 0.3) is 5.91 Å². The number of benzene rings is 2. The minimum atomic E-state index is -0.671. The first-order valence-corrected chi connectivity index (χ1v) is 7.00. The van der Waals surface area contributed by atoms with Crippen LogP contribution in [0.1, 0.15) is 12.0 Å². The SMILES string of the molecule is Cc1ccc(N2C(=O)CC(Nc3cccc(F)c3)C2=O)cc1. The van der Waals surface area contributed by atoms with Gasteiger partial charge in [-0.2, -0.15) is 0 Å². The zero-order chi connectivity index (χ0) is 15.7. The van der Waals surface area contributed by atoms with E-state index in [2.05, 4.69) is 5.32 Å². The van der Waals surface area contributed by atoms with Crippen molar-refractivity contribution in [1.29, 1.82) is 0 Å². The van der Waals surface area contributed by atoms with Gasteiger partial charge in [0.15, 0.2) is 0 Å². The number of carbonyl (C=O) groups excluding carboxylic acids is 2. The molecule has 0 saturated carbocycles. The van der Waals surface area contributed by atoms with E-state index in [1.165, 1.54) is 17.0 Å². The summed E-state index contributed by atoms with van der Waals surface area (Å²) in [4.78, 5) is 25.7. The van der Waals surface area contributed by atoms with E-state index in [0.29, 0.717) is 11.4 Å². The second-order valence-electron chi connectivity index (χ2n) is 5.31. The monoisotopic (exact) mass is 298 g/mol. The molecule has 1 aliphatic heterocycles. The van der Waals surface area contributed by atoms with Crippen LogP contribution in [0.25, 0.3) is 0 Å². The van der Waals surface area contributed by atoms with Crippen molar-refractivity contribution in [3.63, 3.8) is 0 Å². The number of imide groups is 1. The molecule has 2 aromatic carbocycles. The number of anilines is 2. The number of hydrogen-bond donors (Lipinski definition) is 1. The molecule has 3 rings (SSSR count). The van der Waals surface area contributed by atoms with Crippen LogP contribution < -0.4 is 10.2 Å². The molecule has 2 aromatic rings. The zero-order valence-corrected chi connectivity index (χ0v) is 12.0. The van der Waals surface area contributed by atoms with Gasteiger partial charge in [-0.3, -0.25) is 9.59 Å². The summed E-state index contributed by atoms with van der Waals surface area (Å²) >= 11 is 0. The third-order valence-corrected chi connectivity index (χ3v) is 3.60. The number of carbonyl (C=O) groups is 2. The number of nitrogens with one attached hydrogen (secondary N) is 1. The second-order valence-corrected chi connectivity index (χ2v) is 5.31. The van der Waals surface area contributed by atoms with Gasteiger partial charge in [-0.1, -0.05) is 23.8 Å². The molecule has 4 nitrogen and oxygen atoms in total. The highest BCUT2D eigenvalue weighted by Crippen LogP contribution is 2.25. The summed E-state index contributed by atoms with van der Waals surface area (Å²) in [6, 6.07) is 12.4. The van der Waals surface area contributed by atoms with E-state index in [1.54, 1.807) is 24.3 Å². The summed E-state index contributed by atoms with van der Waals surface area (Å²) in [5.74, 6) is -0.974. The van der Waals surface area contributed by atoms with Crippen molar-refractivity contribution >= 4 is 23.2 Å². The molecule has 5 heteroatoms. The van der Waals surface area contributed by atoms with Crippen LogP contribution in [0.4, 0.5) is 15.8 Å². The summed E-state index contributed by atoms with van der Waals surface area (Å²) in [6.07, 6.45) is 0.0588. The molecule has 0 aliphatic carbocycles. The molecular weight excluding hydrogens is 283 g/mol. The molecule has 0 aromatic heterocycles. The number of aryl methyl sites for hydroxylation is 1. The maximum Gasteiger partial charge on any atom is 0.256 e. The van der Waals surface area contributed by atoms with E-state index < -0.39 is 11.9 Å². The normalized spacial score (nSPS) is 17.9. The van der Waals surface area contributed by atoms with E-state index in [1.807, 2.05) is 19.1 Å². The van der Waals surface area contributed by atoms with Crippen LogP contribution in [0.5, 0.6) is 0 Å². The molecule has 1 N–H and O–H groups in total. The van der Waals surface area contributed by atoms with E-state index in [-0.39, 0.29) is 18.2 Å². The topological polar surface area (TPSA) is 49.4 Å². The van der Waals surface area contributed by atoms with Gasteiger partial charge in [0, 0.05) is 5.69 Å². The standard InChI is InChI=1S/C17H15FN2O2/c1-11-5-7-14(8-6-11)20-16(21)10-15(17(20)22)19-13-4-2-3-12(18)9-13/h2-9,15,19H,10H2,1H3. The van der Waals surface area contributed by atoms with E-state index in [9.17, 15) is 14.0 Å². The average molecular weight is 298 g/mol. The first-order chi connectivity index (χ1) is 10.5. The fraction of sp³-hybridized carbons (Fsp3) is 0.176.